The highest BCUT2D eigenvalue weighted by atomic mass is 35.5. The number of carboxylic acid groups (broad SMARTS) is 1. The van der Waals surface area contributed by atoms with Crippen LogP contribution >= 0.6 is 34.3 Å². The fraction of sp³-hybridized carbons (Fsp3) is 0.133. The number of methoxy groups -OCH3 is 1. The van der Waals surface area contributed by atoms with Crippen LogP contribution in [0.2, 0.25) is 4.34 Å². The summed E-state index contributed by atoms with van der Waals surface area (Å²) in [5.74, 6) is -0.377. The van der Waals surface area contributed by atoms with Crippen molar-refractivity contribution < 1.29 is 14.6 Å². The van der Waals surface area contributed by atoms with Gasteiger partial charge < -0.3 is 9.84 Å². The SMILES string of the molecule is COc1ccc(-c2nc(-c3ccc(Cl)s3)c(CC(=O)O)s2)cn1. The van der Waals surface area contributed by atoms with E-state index in [2.05, 4.69) is 9.97 Å². The van der Waals surface area contributed by atoms with Gasteiger partial charge in [-0.25, -0.2) is 9.97 Å². The van der Waals surface area contributed by atoms with Crippen LogP contribution in [0.25, 0.3) is 21.1 Å². The molecule has 0 aliphatic heterocycles. The van der Waals surface area contributed by atoms with Gasteiger partial charge in [0.1, 0.15) is 5.01 Å². The molecule has 3 rings (SSSR count). The molecular weight excluding hydrogens is 356 g/mol. The number of rotatable bonds is 5. The highest BCUT2D eigenvalue weighted by molar-refractivity contribution is 7.20. The number of thiazole rings is 1. The van der Waals surface area contributed by atoms with Gasteiger partial charge in [0.15, 0.2) is 0 Å². The van der Waals surface area contributed by atoms with Crippen molar-refractivity contribution in [3.05, 3.63) is 39.7 Å². The topological polar surface area (TPSA) is 72.3 Å². The molecule has 3 heterocycles. The minimum absolute atomic E-state index is 0.0773. The predicted octanol–water partition coefficient (Wildman–Crippen LogP) is 4.22. The fourth-order valence-electron chi connectivity index (χ4n) is 1.99. The number of hydrogen-bond acceptors (Lipinski definition) is 6. The van der Waals surface area contributed by atoms with Crippen molar-refractivity contribution in [1.82, 2.24) is 9.97 Å². The zero-order valence-electron chi connectivity index (χ0n) is 11.9. The van der Waals surface area contributed by atoms with Crippen molar-refractivity contribution in [3.8, 4) is 27.0 Å². The van der Waals surface area contributed by atoms with Crippen LogP contribution in [0, 0.1) is 0 Å². The van der Waals surface area contributed by atoms with Crippen LogP contribution < -0.4 is 4.74 Å². The maximum absolute atomic E-state index is 11.1. The second kappa shape index (κ2) is 6.66. The Kier molecular flexibility index (Phi) is 4.61. The molecule has 23 heavy (non-hydrogen) atoms. The fourth-order valence-corrected chi connectivity index (χ4v) is 4.18. The van der Waals surface area contributed by atoms with Crippen molar-refractivity contribution in [1.29, 1.82) is 0 Å². The van der Waals surface area contributed by atoms with Crippen LogP contribution in [0.1, 0.15) is 4.88 Å². The molecule has 5 nitrogen and oxygen atoms in total. The summed E-state index contributed by atoms with van der Waals surface area (Å²) in [5, 5.41) is 9.84. The van der Waals surface area contributed by atoms with Crippen molar-refractivity contribution in [2.24, 2.45) is 0 Å². The van der Waals surface area contributed by atoms with Crippen LogP contribution in [0.15, 0.2) is 30.5 Å². The van der Waals surface area contributed by atoms with Gasteiger partial charge in [-0.05, 0) is 18.2 Å². The Labute approximate surface area is 145 Å². The van der Waals surface area contributed by atoms with E-state index >= 15 is 0 Å². The van der Waals surface area contributed by atoms with E-state index in [0.717, 1.165) is 15.4 Å². The number of carboxylic acids is 1. The number of ether oxygens (including phenoxy) is 1. The molecule has 0 amide bonds. The first kappa shape index (κ1) is 15.9. The van der Waals surface area contributed by atoms with Crippen molar-refractivity contribution in [2.45, 2.75) is 6.42 Å². The molecule has 0 bridgehead atoms. The van der Waals surface area contributed by atoms with E-state index in [9.17, 15) is 4.79 Å². The summed E-state index contributed by atoms with van der Waals surface area (Å²) in [6.45, 7) is 0. The Bertz CT molecular complexity index is 843. The minimum Gasteiger partial charge on any atom is -0.481 e. The minimum atomic E-state index is -0.892. The van der Waals surface area contributed by atoms with Crippen LogP contribution in [-0.2, 0) is 11.2 Å². The molecule has 0 aliphatic rings. The lowest BCUT2D eigenvalue weighted by Crippen LogP contribution is -1.98. The van der Waals surface area contributed by atoms with Gasteiger partial charge in [-0.3, -0.25) is 4.79 Å². The Morgan fingerprint density at radius 2 is 2.13 bits per heavy atom. The molecule has 118 valence electrons. The van der Waals surface area contributed by atoms with Gasteiger partial charge in [0.25, 0.3) is 0 Å². The third-order valence-corrected chi connectivity index (χ3v) is 5.35. The molecule has 0 radical (unpaired) electrons. The van der Waals surface area contributed by atoms with E-state index in [-0.39, 0.29) is 6.42 Å². The molecule has 8 heteroatoms. The molecule has 0 aromatic carbocycles. The quantitative estimate of drug-likeness (QED) is 0.731. The van der Waals surface area contributed by atoms with Crippen molar-refractivity contribution in [3.63, 3.8) is 0 Å². The normalized spacial score (nSPS) is 10.7. The van der Waals surface area contributed by atoms with Crippen LogP contribution in [0.5, 0.6) is 5.88 Å². The van der Waals surface area contributed by atoms with Crippen LogP contribution in [0.4, 0.5) is 0 Å². The molecule has 0 aliphatic carbocycles. The molecule has 0 spiro atoms. The second-order valence-corrected chi connectivity index (χ2v) is 7.35. The lowest BCUT2D eigenvalue weighted by atomic mass is 10.2. The Hall–Kier alpha value is -1.96. The Morgan fingerprint density at radius 3 is 2.70 bits per heavy atom. The monoisotopic (exact) mass is 366 g/mol. The van der Waals surface area contributed by atoms with E-state index in [1.54, 1.807) is 25.4 Å². The molecule has 1 N–H and O–H groups in total. The summed E-state index contributed by atoms with van der Waals surface area (Å²) in [7, 11) is 1.55. The first-order valence-electron chi connectivity index (χ1n) is 6.54. The summed E-state index contributed by atoms with van der Waals surface area (Å²) >= 11 is 8.71. The van der Waals surface area contributed by atoms with Gasteiger partial charge in [-0.15, -0.1) is 22.7 Å². The smallest absolute Gasteiger partial charge is 0.308 e. The zero-order valence-corrected chi connectivity index (χ0v) is 14.3. The van der Waals surface area contributed by atoms with E-state index in [1.807, 2.05) is 12.1 Å². The lowest BCUT2D eigenvalue weighted by molar-refractivity contribution is -0.136. The summed E-state index contributed by atoms with van der Waals surface area (Å²) < 4.78 is 5.68. The highest BCUT2D eigenvalue weighted by Crippen LogP contribution is 2.38. The number of aliphatic carboxylic acids is 1. The Morgan fingerprint density at radius 1 is 1.30 bits per heavy atom. The van der Waals surface area contributed by atoms with Gasteiger partial charge in [-0.1, -0.05) is 11.6 Å². The summed E-state index contributed by atoms with van der Waals surface area (Å²) in [6.07, 6.45) is 1.58. The van der Waals surface area contributed by atoms with Gasteiger partial charge in [0.2, 0.25) is 5.88 Å². The average Bonchev–Trinajstić information content (AvgIpc) is 3.13. The summed E-state index contributed by atoms with van der Waals surface area (Å²) in [4.78, 5) is 21.4. The Balaban J connectivity index is 2.04. The molecular formula is C15H11ClN2O3S2. The van der Waals surface area contributed by atoms with Gasteiger partial charge in [0, 0.05) is 22.7 Å². The van der Waals surface area contributed by atoms with E-state index in [4.69, 9.17) is 21.4 Å². The standard InChI is InChI=1S/C15H11ClN2O3S2/c1-21-12-5-2-8(7-17-12)15-18-14(9-3-4-11(16)22-9)10(23-15)6-13(19)20/h2-5,7H,6H2,1H3,(H,19,20). The van der Waals surface area contributed by atoms with E-state index < -0.39 is 5.97 Å². The molecule has 3 aromatic heterocycles. The van der Waals surface area contributed by atoms with Crippen LogP contribution in [0.3, 0.4) is 0 Å². The molecule has 0 unspecified atom stereocenters. The summed E-state index contributed by atoms with van der Waals surface area (Å²) in [6, 6.07) is 7.22. The van der Waals surface area contributed by atoms with E-state index in [1.165, 1.54) is 22.7 Å². The molecule has 0 fully saturated rings. The largest absolute Gasteiger partial charge is 0.481 e. The lowest BCUT2D eigenvalue weighted by Gasteiger charge is -1.98. The van der Waals surface area contributed by atoms with Crippen molar-refractivity contribution in [2.75, 3.05) is 7.11 Å². The summed E-state index contributed by atoms with van der Waals surface area (Å²) in [5.41, 5.74) is 1.48. The third kappa shape index (κ3) is 3.52. The number of carbonyl (C=O) groups is 1. The number of nitrogens with zero attached hydrogens (tertiary/aromatic N) is 2. The van der Waals surface area contributed by atoms with Gasteiger partial charge in [-0.2, -0.15) is 0 Å². The highest BCUT2D eigenvalue weighted by Gasteiger charge is 2.18. The zero-order chi connectivity index (χ0) is 16.4. The first-order chi connectivity index (χ1) is 11.1. The average molecular weight is 367 g/mol. The molecule has 0 saturated heterocycles. The van der Waals surface area contributed by atoms with Crippen molar-refractivity contribution >= 4 is 40.2 Å². The molecule has 3 aromatic rings. The van der Waals surface area contributed by atoms with Crippen LogP contribution in [-0.4, -0.2) is 28.2 Å². The van der Waals surface area contributed by atoms with E-state index in [0.29, 0.717) is 20.8 Å². The second-order valence-electron chi connectivity index (χ2n) is 4.55. The number of pyridine rings is 1. The first-order valence-corrected chi connectivity index (χ1v) is 8.55. The number of aromatic nitrogens is 2. The van der Waals surface area contributed by atoms with Gasteiger partial charge >= 0.3 is 5.97 Å². The maximum atomic E-state index is 11.1. The van der Waals surface area contributed by atoms with Gasteiger partial charge in [0.05, 0.1) is 28.4 Å². The predicted molar refractivity (Wildman–Crippen MR) is 91.6 cm³/mol. The molecule has 0 atom stereocenters. The molecule has 0 saturated carbocycles. The number of thiophene rings is 1. The third-order valence-electron chi connectivity index (χ3n) is 3.01. The maximum Gasteiger partial charge on any atom is 0.308 e. The number of hydrogen-bond donors (Lipinski definition) is 1. The number of halogens is 1.